The van der Waals surface area contributed by atoms with E-state index in [9.17, 15) is 0 Å². The van der Waals surface area contributed by atoms with Gasteiger partial charge in [0.1, 0.15) is 0 Å². The summed E-state index contributed by atoms with van der Waals surface area (Å²) in [5, 5.41) is 0. The van der Waals surface area contributed by atoms with Crippen molar-refractivity contribution >= 4 is 18.5 Å². The molecule has 2 radical (unpaired) electrons. The molecule has 0 bridgehead atoms. The second-order valence-corrected chi connectivity index (χ2v) is 12.9. The molecule has 6 heteroatoms. The lowest BCUT2D eigenvalue weighted by molar-refractivity contribution is 0.181. The zero-order chi connectivity index (χ0) is 22.5. The molecular formula is C26H39NO3Si2. The molecule has 0 unspecified atom stereocenters. The Kier molecular flexibility index (Phi) is 11.1. The van der Waals surface area contributed by atoms with Gasteiger partial charge in [-0.25, -0.2) is 0 Å². The first kappa shape index (κ1) is 25.3. The molecule has 1 aliphatic heterocycles. The minimum atomic E-state index is -2.04. The van der Waals surface area contributed by atoms with Crippen LogP contribution in [0.4, 0.5) is 0 Å². The molecule has 0 spiro atoms. The van der Waals surface area contributed by atoms with Crippen molar-refractivity contribution in [2.45, 2.75) is 63.1 Å². The van der Waals surface area contributed by atoms with Gasteiger partial charge in [-0.05, 0) is 43.1 Å². The predicted octanol–water partition coefficient (Wildman–Crippen LogP) is 6.11. The number of benzene rings is 2. The van der Waals surface area contributed by atoms with Crippen LogP contribution in [0.1, 0.15) is 62.2 Å². The summed E-state index contributed by atoms with van der Waals surface area (Å²) in [6.07, 6.45) is 9.01. The Hall–Kier alpha value is -1.29. The van der Waals surface area contributed by atoms with Crippen LogP contribution in [0.25, 0.3) is 0 Å². The Morgan fingerprint density at radius 2 is 1.38 bits per heavy atom. The van der Waals surface area contributed by atoms with Gasteiger partial charge in [0.05, 0.1) is 6.10 Å². The molecule has 0 N–H and O–H groups in total. The van der Waals surface area contributed by atoms with Crippen molar-refractivity contribution in [1.82, 2.24) is 4.57 Å². The molecular weight excluding hydrogens is 430 g/mol. The number of nitrogens with zero attached hydrogens (tertiary/aromatic N) is 1. The maximum Gasteiger partial charge on any atom is 0.427 e. The van der Waals surface area contributed by atoms with E-state index in [0.29, 0.717) is 9.76 Å². The SMILES string of the molecule is CO[Si]1(OC)CCCN1CCCCCCCC[Si]OC(c1ccccc1)c1ccccc1. The molecule has 0 aliphatic carbocycles. The predicted molar refractivity (Wildman–Crippen MR) is 135 cm³/mol. The van der Waals surface area contributed by atoms with Gasteiger partial charge in [-0.3, -0.25) is 4.57 Å². The van der Waals surface area contributed by atoms with Crippen LogP contribution < -0.4 is 0 Å². The van der Waals surface area contributed by atoms with Crippen LogP contribution in [0.5, 0.6) is 0 Å². The quantitative estimate of drug-likeness (QED) is 0.233. The summed E-state index contributed by atoms with van der Waals surface area (Å²) in [7, 11) is 2.14. The summed E-state index contributed by atoms with van der Waals surface area (Å²) >= 11 is 0. The largest absolute Gasteiger partial charge is 0.427 e. The van der Waals surface area contributed by atoms with Gasteiger partial charge in [0.15, 0.2) is 0 Å². The zero-order valence-electron chi connectivity index (χ0n) is 19.8. The Balaban J connectivity index is 1.27. The van der Waals surface area contributed by atoms with Gasteiger partial charge in [-0.1, -0.05) is 92.8 Å². The topological polar surface area (TPSA) is 30.9 Å². The monoisotopic (exact) mass is 469 g/mol. The lowest BCUT2D eigenvalue weighted by atomic mass is 10.0. The maximum atomic E-state index is 6.36. The number of hydrogen-bond donors (Lipinski definition) is 0. The molecule has 4 nitrogen and oxygen atoms in total. The van der Waals surface area contributed by atoms with Crippen molar-refractivity contribution in [1.29, 1.82) is 0 Å². The highest BCUT2D eigenvalue weighted by atomic mass is 28.4. The fourth-order valence-corrected chi connectivity index (χ4v) is 8.54. The Morgan fingerprint density at radius 1 is 0.812 bits per heavy atom. The molecule has 0 saturated carbocycles. The summed E-state index contributed by atoms with van der Waals surface area (Å²) in [5.74, 6) is 0. The molecule has 32 heavy (non-hydrogen) atoms. The standard InChI is InChI=1S/C26H39NO3Si2/c1-28-32(29-2)23-15-21-27(32)20-13-5-3-4-6-14-22-31-30-26(24-16-9-7-10-17-24)25-18-11-8-12-19-25/h7-12,16-19,26H,3-6,13-15,20-23H2,1-2H3. The van der Waals surface area contributed by atoms with Crippen molar-refractivity contribution in [3.63, 3.8) is 0 Å². The van der Waals surface area contributed by atoms with E-state index in [-0.39, 0.29) is 6.10 Å². The summed E-state index contributed by atoms with van der Waals surface area (Å²) < 4.78 is 20.5. The lowest BCUT2D eigenvalue weighted by Gasteiger charge is -2.31. The normalized spacial score (nSPS) is 16.1. The maximum absolute atomic E-state index is 6.36. The van der Waals surface area contributed by atoms with Crippen molar-refractivity contribution in [3.8, 4) is 0 Å². The smallest absolute Gasteiger partial charge is 0.407 e. The second kappa shape index (κ2) is 14.1. The van der Waals surface area contributed by atoms with E-state index < -0.39 is 8.72 Å². The highest BCUT2D eigenvalue weighted by molar-refractivity contribution is 6.65. The van der Waals surface area contributed by atoms with Gasteiger partial charge < -0.3 is 13.3 Å². The molecule has 2 aromatic rings. The number of hydrogen-bond acceptors (Lipinski definition) is 4. The first-order valence-corrected chi connectivity index (χ1v) is 15.2. The van der Waals surface area contributed by atoms with Gasteiger partial charge in [0, 0.05) is 20.3 Å². The van der Waals surface area contributed by atoms with Crippen LogP contribution in [0.15, 0.2) is 60.7 Å². The summed E-state index contributed by atoms with van der Waals surface area (Å²) in [5.41, 5.74) is 2.47. The van der Waals surface area contributed by atoms with Gasteiger partial charge >= 0.3 is 8.72 Å². The fourth-order valence-electron chi connectivity index (χ4n) is 4.58. The van der Waals surface area contributed by atoms with E-state index in [4.69, 9.17) is 13.3 Å². The molecule has 1 heterocycles. The van der Waals surface area contributed by atoms with Crippen LogP contribution in [-0.4, -0.2) is 50.4 Å². The molecule has 0 amide bonds. The molecule has 1 aliphatic rings. The molecule has 1 saturated heterocycles. The van der Waals surface area contributed by atoms with Crippen molar-refractivity contribution in [2.24, 2.45) is 0 Å². The number of unbranched alkanes of at least 4 members (excludes halogenated alkanes) is 5. The first-order chi connectivity index (χ1) is 15.8. The molecule has 1 fully saturated rings. The van der Waals surface area contributed by atoms with E-state index in [1.807, 2.05) is 14.2 Å². The van der Waals surface area contributed by atoms with Gasteiger partial charge in [0.2, 0.25) is 9.76 Å². The molecule has 2 aromatic carbocycles. The van der Waals surface area contributed by atoms with E-state index in [1.54, 1.807) is 0 Å². The average molecular weight is 470 g/mol. The third-order valence-electron chi connectivity index (χ3n) is 6.40. The average Bonchev–Trinajstić information content (AvgIpc) is 3.27. The molecule has 3 rings (SSSR count). The van der Waals surface area contributed by atoms with E-state index >= 15 is 0 Å². The van der Waals surface area contributed by atoms with E-state index in [1.165, 1.54) is 56.1 Å². The minimum absolute atomic E-state index is 0.0381. The van der Waals surface area contributed by atoms with Crippen LogP contribution in [0.2, 0.25) is 12.1 Å². The third kappa shape index (κ3) is 7.37. The second-order valence-electron chi connectivity index (χ2n) is 8.55. The summed E-state index contributed by atoms with van der Waals surface area (Å²) in [4.78, 5) is 0. The van der Waals surface area contributed by atoms with Gasteiger partial charge in [0.25, 0.3) is 0 Å². The Labute approximate surface area is 198 Å². The van der Waals surface area contributed by atoms with Crippen molar-refractivity contribution < 1.29 is 13.3 Å². The lowest BCUT2D eigenvalue weighted by Crippen LogP contribution is -2.53. The third-order valence-corrected chi connectivity index (χ3v) is 11.0. The van der Waals surface area contributed by atoms with E-state index in [2.05, 4.69) is 65.2 Å². The van der Waals surface area contributed by atoms with Gasteiger partial charge in [-0.2, -0.15) is 0 Å². The summed E-state index contributed by atoms with van der Waals surface area (Å²) in [6.45, 7) is 2.27. The Bertz CT molecular complexity index is 704. The molecule has 174 valence electrons. The van der Waals surface area contributed by atoms with Crippen LogP contribution in [-0.2, 0) is 13.3 Å². The van der Waals surface area contributed by atoms with Crippen LogP contribution in [0, 0.1) is 0 Å². The van der Waals surface area contributed by atoms with Crippen molar-refractivity contribution in [2.75, 3.05) is 27.3 Å². The molecule has 0 aromatic heterocycles. The van der Waals surface area contributed by atoms with Gasteiger partial charge in [-0.15, -0.1) is 0 Å². The Morgan fingerprint density at radius 3 is 1.97 bits per heavy atom. The van der Waals surface area contributed by atoms with E-state index in [0.717, 1.165) is 25.2 Å². The number of rotatable bonds is 15. The highest BCUT2D eigenvalue weighted by Gasteiger charge is 2.46. The van der Waals surface area contributed by atoms with Crippen molar-refractivity contribution in [3.05, 3.63) is 71.8 Å². The molecule has 0 atom stereocenters. The highest BCUT2D eigenvalue weighted by Crippen LogP contribution is 2.28. The summed E-state index contributed by atoms with van der Waals surface area (Å²) in [6, 6.07) is 23.4. The fraction of sp³-hybridized carbons (Fsp3) is 0.538. The first-order valence-electron chi connectivity index (χ1n) is 12.1. The van der Waals surface area contributed by atoms with Crippen LogP contribution in [0.3, 0.4) is 0 Å². The minimum Gasteiger partial charge on any atom is -0.407 e. The zero-order valence-corrected chi connectivity index (χ0v) is 21.8. The van der Waals surface area contributed by atoms with Crippen LogP contribution >= 0.6 is 0 Å².